The molecule has 1 heterocycles. The number of methoxy groups -OCH3 is 1. The van der Waals surface area contributed by atoms with E-state index in [0.29, 0.717) is 0 Å². The molecule has 0 bridgehead atoms. The van der Waals surface area contributed by atoms with Crippen molar-refractivity contribution in [2.45, 2.75) is 25.1 Å². The second-order valence-electron chi connectivity index (χ2n) is 5.66. The molecule has 2 aromatic carbocycles. The molecule has 4 nitrogen and oxygen atoms in total. The largest absolute Gasteiger partial charge is 0.359 e. The lowest BCUT2D eigenvalue weighted by Gasteiger charge is -2.37. The molecule has 2 N–H and O–H groups in total. The Balaban J connectivity index is 1.88. The van der Waals surface area contributed by atoms with Gasteiger partial charge in [0.05, 0.1) is 6.04 Å². The summed E-state index contributed by atoms with van der Waals surface area (Å²) in [4.78, 5) is 4.81. The zero-order valence-electron chi connectivity index (χ0n) is 12.9. The molecule has 2 aromatic rings. The van der Waals surface area contributed by atoms with Crippen molar-refractivity contribution in [1.29, 1.82) is 0 Å². The molecule has 4 heteroatoms. The number of hydrogen-bond acceptors (Lipinski definition) is 4. The van der Waals surface area contributed by atoms with Gasteiger partial charge in [0.15, 0.2) is 5.96 Å². The van der Waals surface area contributed by atoms with Crippen LogP contribution in [-0.4, -0.2) is 18.8 Å². The van der Waals surface area contributed by atoms with Crippen molar-refractivity contribution in [1.82, 2.24) is 5.32 Å². The zero-order valence-corrected chi connectivity index (χ0v) is 12.9. The molecule has 22 heavy (non-hydrogen) atoms. The van der Waals surface area contributed by atoms with Crippen LogP contribution in [0.4, 0.5) is 5.69 Å². The van der Waals surface area contributed by atoms with Crippen LogP contribution in [0.2, 0.25) is 0 Å². The van der Waals surface area contributed by atoms with E-state index < -0.39 is 5.72 Å². The lowest BCUT2D eigenvalue weighted by molar-refractivity contribution is -0.0239. The van der Waals surface area contributed by atoms with Gasteiger partial charge >= 0.3 is 0 Å². The lowest BCUT2D eigenvalue weighted by Crippen LogP contribution is -2.53. The van der Waals surface area contributed by atoms with E-state index in [2.05, 4.69) is 22.8 Å². The maximum Gasteiger partial charge on any atom is 0.198 e. The molecule has 2 atom stereocenters. The van der Waals surface area contributed by atoms with Crippen LogP contribution in [0.25, 0.3) is 0 Å². The fourth-order valence-corrected chi connectivity index (χ4v) is 2.63. The average Bonchev–Trinajstić information content (AvgIpc) is 2.56. The van der Waals surface area contributed by atoms with Crippen LogP contribution in [0.3, 0.4) is 0 Å². The molecule has 0 saturated heterocycles. The van der Waals surface area contributed by atoms with E-state index in [0.717, 1.165) is 18.1 Å². The van der Waals surface area contributed by atoms with Crippen molar-refractivity contribution >= 4 is 11.6 Å². The number of ether oxygens (including phenoxy) is 1. The van der Waals surface area contributed by atoms with Gasteiger partial charge in [0.25, 0.3) is 0 Å². The van der Waals surface area contributed by atoms with Crippen molar-refractivity contribution in [2.24, 2.45) is 4.99 Å². The smallest absolute Gasteiger partial charge is 0.198 e. The number of rotatable bonds is 3. The van der Waals surface area contributed by atoms with Crippen molar-refractivity contribution in [3.8, 4) is 0 Å². The summed E-state index contributed by atoms with van der Waals surface area (Å²) in [5.41, 5.74) is 1.75. The molecule has 0 spiro atoms. The van der Waals surface area contributed by atoms with Crippen LogP contribution in [0.15, 0.2) is 65.7 Å². The van der Waals surface area contributed by atoms with E-state index in [1.807, 2.05) is 55.5 Å². The second-order valence-corrected chi connectivity index (χ2v) is 5.66. The maximum absolute atomic E-state index is 5.67. The number of nitrogens with one attached hydrogen (secondary N) is 2. The van der Waals surface area contributed by atoms with Gasteiger partial charge in [-0.25, -0.2) is 4.99 Å². The Morgan fingerprint density at radius 1 is 1.09 bits per heavy atom. The third-order valence-electron chi connectivity index (χ3n) is 3.92. The summed E-state index contributed by atoms with van der Waals surface area (Å²) in [6.45, 7) is 2.05. The maximum atomic E-state index is 5.67. The number of para-hydroxylation sites is 1. The third-order valence-corrected chi connectivity index (χ3v) is 3.92. The predicted molar refractivity (Wildman–Crippen MR) is 89.8 cm³/mol. The summed E-state index contributed by atoms with van der Waals surface area (Å²) >= 11 is 0. The summed E-state index contributed by atoms with van der Waals surface area (Å²) in [5, 5.41) is 6.67. The van der Waals surface area contributed by atoms with Gasteiger partial charge in [-0.05, 0) is 24.6 Å². The van der Waals surface area contributed by atoms with E-state index >= 15 is 0 Å². The van der Waals surface area contributed by atoms with Crippen molar-refractivity contribution in [3.63, 3.8) is 0 Å². The number of hydrogen-bond donors (Lipinski definition) is 2. The standard InChI is InChI=1S/C18H21N3O/c1-18(22-2)13-16(14-9-5-3-6-10-14)20-17(21-18)19-15-11-7-4-8-12-15/h3-12,16H,13H2,1-2H3,(H2,19,20,21). The fourth-order valence-electron chi connectivity index (χ4n) is 2.63. The van der Waals surface area contributed by atoms with Gasteiger partial charge in [0.2, 0.25) is 0 Å². The first-order valence-electron chi connectivity index (χ1n) is 7.47. The molecule has 2 unspecified atom stereocenters. The van der Waals surface area contributed by atoms with Crippen LogP contribution >= 0.6 is 0 Å². The Labute approximate surface area is 131 Å². The first kappa shape index (κ1) is 14.6. The molecule has 0 fully saturated rings. The summed E-state index contributed by atoms with van der Waals surface area (Å²) < 4.78 is 5.67. The van der Waals surface area contributed by atoms with Crippen LogP contribution in [0, 0.1) is 0 Å². The molecule has 114 valence electrons. The third kappa shape index (κ3) is 3.28. The SMILES string of the molecule is COC1(C)CC(c2ccccc2)N=C(Nc2ccccc2)N1. The van der Waals surface area contributed by atoms with Gasteiger partial charge in [0.1, 0.15) is 5.72 Å². The van der Waals surface area contributed by atoms with Crippen molar-refractivity contribution in [2.75, 3.05) is 12.4 Å². The van der Waals surface area contributed by atoms with Crippen molar-refractivity contribution < 1.29 is 4.74 Å². The summed E-state index contributed by atoms with van der Waals surface area (Å²) in [5.74, 6) is 0.732. The predicted octanol–water partition coefficient (Wildman–Crippen LogP) is 3.55. The highest BCUT2D eigenvalue weighted by Crippen LogP contribution is 2.31. The van der Waals surface area contributed by atoms with Gasteiger partial charge in [-0.2, -0.15) is 0 Å². The molecule has 0 amide bonds. The summed E-state index contributed by atoms with van der Waals surface area (Å²) in [7, 11) is 1.72. The Morgan fingerprint density at radius 2 is 1.73 bits per heavy atom. The highest BCUT2D eigenvalue weighted by Gasteiger charge is 2.34. The fraction of sp³-hybridized carbons (Fsp3) is 0.278. The molecule has 1 aliphatic heterocycles. The highest BCUT2D eigenvalue weighted by molar-refractivity contribution is 5.94. The van der Waals surface area contributed by atoms with Crippen molar-refractivity contribution in [3.05, 3.63) is 66.2 Å². The topological polar surface area (TPSA) is 45.6 Å². The van der Waals surface area contributed by atoms with Gasteiger partial charge < -0.3 is 15.4 Å². The zero-order chi connectivity index (χ0) is 15.4. The molecule has 0 radical (unpaired) electrons. The normalized spacial score (nSPS) is 24.3. The molecular weight excluding hydrogens is 274 g/mol. The van der Waals surface area contributed by atoms with Crippen LogP contribution in [0.5, 0.6) is 0 Å². The number of benzene rings is 2. The van der Waals surface area contributed by atoms with Crippen LogP contribution in [-0.2, 0) is 4.74 Å². The van der Waals surface area contributed by atoms with E-state index in [4.69, 9.17) is 9.73 Å². The summed E-state index contributed by atoms with van der Waals surface area (Å²) in [6.07, 6.45) is 0.785. The number of anilines is 1. The highest BCUT2D eigenvalue weighted by atomic mass is 16.5. The van der Waals surface area contributed by atoms with E-state index in [1.54, 1.807) is 7.11 Å². The second kappa shape index (κ2) is 6.20. The van der Waals surface area contributed by atoms with Gasteiger partial charge in [0, 0.05) is 19.2 Å². The molecule has 3 rings (SSSR count). The Kier molecular flexibility index (Phi) is 4.11. The minimum atomic E-state index is -0.445. The average molecular weight is 295 g/mol. The number of aliphatic imine (C=N–C) groups is 1. The monoisotopic (exact) mass is 295 g/mol. The van der Waals surface area contributed by atoms with E-state index in [1.165, 1.54) is 5.56 Å². The quantitative estimate of drug-likeness (QED) is 0.910. The van der Waals surface area contributed by atoms with Gasteiger partial charge in [-0.15, -0.1) is 0 Å². The molecular formula is C18H21N3O. The van der Waals surface area contributed by atoms with Crippen LogP contribution < -0.4 is 10.6 Å². The summed E-state index contributed by atoms with van der Waals surface area (Å²) in [6, 6.07) is 20.4. The Bertz CT molecular complexity index is 642. The molecule has 1 aliphatic rings. The lowest BCUT2D eigenvalue weighted by atomic mass is 9.97. The Morgan fingerprint density at radius 3 is 2.36 bits per heavy atom. The molecule has 0 aromatic heterocycles. The number of nitrogens with zero attached hydrogens (tertiary/aromatic N) is 1. The Hall–Kier alpha value is -2.33. The van der Waals surface area contributed by atoms with E-state index in [9.17, 15) is 0 Å². The molecule has 0 saturated carbocycles. The first-order chi connectivity index (χ1) is 10.7. The molecule has 0 aliphatic carbocycles. The first-order valence-corrected chi connectivity index (χ1v) is 7.47. The van der Waals surface area contributed by atoms with E-state index in [-0.39, 0.29) is 6.04 Å². The van der Waals surface area contributed by atoms with Crippen LogP contribution in [0.1, 0.15) is 24.9 Å². The minimum Gasteiger partial charge on any atom is -0.359 e. The minimum absolute atomic E-state index is 0.0682. The van der Waals surface area contributed by atoms with Gasteiger partial charge in [-0.3, -0.25) is 0 Å². The number of guanidine groups is 1. The van der Waals surface area contributed by atoms with Gasteiger partial charge in [-0.1, -0.05) is 48.5 Å².